The van der Waals surface area contributed by atoms with Gasteiger partial charge in [-0.3, -0.25) is 0 Å². The van der Waals surface area contributed by atoms with E-state index in [1.54, 1.807) is 25.3 Å². The predicted octanol–water partition coefficient (Wildman–Crippen LogP) is 3.32. The summed E-state index contributed by atoms with van der Waals surface area (Å²) < 4.78 is 4.14. The molecule has 0 amide bonds. The van der Waals surface area contributed by atoms with Crippen molar-refractivity contribution in [3.05, 3.63) is 52.4 Å². The third-order valence-electron chi connectivity index (χ3n) is 2.46. The van der Waals surface area contributed by atoms with E-state index in [-0.39, 0.29) is 0 Å². The summed E-state index contributed by atoms with van der Waals surface area (Å²) >= 11 is 1.37. The van der Waals surface area contributed by atoms with Crippen LogP contribution in [-0.4, -0.2) is 17.3 Å². The molecule has 0 aromatic heterocycles. The first-order chi connectivity index (χ1) is 8.18. The van der Waals surface area contributed by atoms with Crippen molar-refractivity contribution in [3.8, 4) is 0 Å². The van der Waals surface area contributed by atoms with E-state index in [9.17, 15) is 4.79 Å². The normalized spacial score (nSPS) is 14.3. The molecule has 1 aliphatic heterocycles. The Labute approximate surface area is 104 Å². The molecule has 0 bridgehead atoms. The smallest absolute Gasteiger partial charge is 0.335 e. The first-order valence-corrected chi connectivity index (χ1v) is 5.92. The summed E-state index contributed by atoms with van der Waals surface area (Å²) in [6, 6.07) is 5.30. The lowest BCUT2D eigenvalue weighted by atomic mass is 10.00. The fourth-order valence-corrected chi connectivity index (χ4v) is 1.99. The van der Waals surface area contributed by atoms with E-state index in [0.29, 0.717) is 5.56 Å². The number of benzene rings is 1. The summed E-state index contributed by atoms with van der Waals surface area (Å²) in [5.41, 5.74) is 3.05. The van der Waals surface area contributed by atoms with Crippen molar-refractivity contribution in [1.29, 1.82) is 0 Å². The van der Waals surface area contributed by atoms with Crippen LogP contribution >= 0.6 is 11.9 Å². The molecule has 0 atom stereocenters. The maximum absolute atomic E-state index is 10.9. The Kier molecular flexibility index (Phi) is 3.44. The van der Waals surface area contributed by atoms with Crippen molar-refractivity contribution in [2.45, 2.75) is 6.92 Å². The minimum Gasteiger partial charge on any atom is -0.478 e. The lowest BCUT2D eigenvalue weighted by molar-refractivity contribution is 0.0696. The second-order valence-electron chi connectivity index (χ2n) is 3.63. The van der Waals surface area contributed by atoms with E-state index < -0.39 is 5.97 Å². The van der Waals surface area contributed by atoms with Gasteiger partial charge in [0.15, 0.2) is 0 Å². The number of nitrogens with zero attached hydrogens (tertiary/aromatic N) is 1. The third-order valence-corrected chi connectivity index (χ3v) is 2.96. The highest BCUT2D eigenvalue weighted by Gasteiger charge is 2.08. The molecule has 17 heavy (non-hydrogen) atoms. The SMILES string of the molecule is Cc1cc(C2=CC=CSN=C2)ccc1C(=O)O. The molecule has 4 heteroatoms. The molecular formula is C13H11NO2S. The maximum Gasteiger partial charge on any atom is 0.335 e. The molecule has 1 N–H and O–H groups in total. The van der Waals surface area contributed by atoms with Crippen molar-refractivity contribution in [2.24, 2.45) is 4.40 Å². The van der Waals surface area contributed by atoms with Gasteiger partial charge < -0.3 is 5.11 Å². The number of carboxylic acids is 1. The number of hydrogen-bond donors (Lipinski definition) is 1. The zero-order valence-corrected chi connectivity index (χ0v) is 10.1. The first-order valence-electron chi connectivity index (χ1n) is 5.09. The Hall–Kier alpha value is -1.81. The van der Waals surface area contributed by atoms with Crippen LogP contribution in [0.1, 0.15) is 21.5 Å². The standard InChI is InChI=1S/C13H11NO2S/c1-9-7-10(4-5-12(9)13(15)16)11-3-2-6-17-14-8-11/h2-8H,1H3,(H,15,16). The summed E-state index contributed by atoms with van der Waals surface area (Å²) in [7, 11) is 0. The second-order valence-corrected chi connectivity index (χ2v) is 4.32. The molecule has 0 saturated carbocycles. The van der Waals surface area contributed by atoms with Crippen molar-refractivity contribution in [3.63, 3.8) is 0 Å². The Bertz CT molecular complexity index is 544. The minimum atomic E-state index is -0.895. The Morgan fingerprint density at radius 2 is 2.24 bits per heavy atom. The van der Waals surface area contributed by atoms with Crippen molar-refractivity contribution < 1.29 is 9.90 Å². The molecule has 1 aliphatic rings. The van der Waals surface area contributed by atoms with E-state index in [1.165, 1.54) is 11.9 Å². The zero-order chi connectivity index (χ0) is 12.3. The summed E-state index contributed by atoms with van der Waals surface area (Å²) in [6.45, 7) is 1.80. The van der Waals surface area contributed by atoms with Gasteiger partial charge in [0.2, 0.25) is 0 Å². The Balaban J connectivity index is 2.41. The van der Waals surface area contributed by atoms with Crippen molar-refractivity contribution in [1.82, 2.24) is 0 Å². The molecule has 1 aromatic rings. The van der Waals surface area contributed by atoms with Crippen LogP contribution in [0.25, 0.3) is 5.57 Å². The maximum atomic E-state index is 10.9. The molecule has 86 valence electrons. The molecule has 0 saturated heterocycles. The van der Waals surface area contributed by atoms with E-state index in [0.717, 1.165) is 16.7 Å². The highest BCUT2D eigenvalue weighted by Crippen LogP contribution is 2.20. The van der Waals surface area contributed by atoms with Crippen LogP contribution in [0.2, 0.25) is 0 Å². The quantitative estimate of drug-likeness (QED) is 0.813. The van der Waals surface area contributed by atoms with Gasteiger partial charge in [-0.1, -0.05) is 24.3 Å². The number of allylic oxidation sites excluding steroid dienone is 3. The van der Waals surface area contributed by atoms with Crippen LogP contribution in [0, 0.1) is 6.92 Å². The van der Waals surface area contributed by atoms with Gasteiger partial charge in [0.1, 0.15) is 0 Å². The predicted molar refractivity (Wildman–Crippen MR) is 71.3 cm³/mol. The zero-order valence-electron chi connectivity index (χ0n) is 9.25. The average molecular weight is 245 g/mol. The van der Waals surface area contributed by atoms with Crippen molar-refractivity contribution >= 4 is 29.7 Å². The second kappa shape index (κ2) is 5.01. The highest BCUT2D eigenvalue weighted by molar-refractivity contribution is 8.01. The number of aryl methyl sites for hydroxylation is 1. The lowest BCUT2D eigenvalue weighted by Crippen LogP contribution is -2.00. The van der Waals surface area contributed by atoms with Gasteiger partial charge in [-0.2, -0.15) is 0 Å². The van der Waals surface area contributed by atoms with Crippen LogP contribution < -0.4 is 0 Å². The summed E-state index contributed by atoms with van der Waals surface area (Å²) in [5.74, 6) is -0.895. The molecule has 0 radical (unpaired) electrons. The Morgan fingerprint density at radius 3 is 2.94 bits per heavy atom. The summed E-state index contributed by atoms with van der Waals surface area (Å²) in [6.07, 6.45) is 5.66. The third kappa shape index (κ3) is 2.65. The fourth-order valence-electron chi connectivity index (χ4n) is 1.60. The highest BCUT2D eigenvalue weighted by atomic mass is 32.2. The molecule has 3 nitrogen and oxygen atoms in total. The van der Waals surface area contributed by atoms with Gasteiger partial charge in [0.05, 0.1) is 5.56 Å². The lowest BCUT2D eigenvalue weighted by Gasteiger charge is -2.05. The van der Waals surface area contributed by atoms with Gasteiger partial charge in [0, 0.05) is 23.7 Å². The monoisotopic (exact) mass is 245 g/mol. The molecular weight excluding hydrogens is 234 g/mol. The number of aromatic carboxylic acids is 1. The van der Waals surface area contributed by atoms with E-state index in [1.807, 2.05) is 23.6 Å². The molecule has 0 aliphatic carbocycles. The molecule has 2 rings (SSSR count). The molecule has 0 fully saturated rings. The fraction of sp³-hybridized carbons (Fsp3) is 0.0769. The number of rotatable bonds is 2. The number of carboxylic acid groups (broad SMARTS) is 1. The topological polar surface area (TPSA) is 49.7 Å². The van der Waals surface area contributed by atoms with Gasteiger partial charge in [-0.25, -0.2) is 9.19 Å². The van der Waals surface area contributed by atoms with E-state index in [4.69, 9.17) is 5.11 Å². The summed E-state index contributed by atoms with van der Waals surface area (Å²) in [5, 5.41) is 10.8. The van der Waals surface area contributed by atoms with Gasteiger partial charge in [0.25, 0.3) is 0 Å². The minimum absolute atomic E-state index is 0.338. The Morgan fingerprint density at radius 1 is 1.41 bits per heavy atom. The van der Waals surface area contributed by atoms with Gasteiger partial charge in [-0.15, -0.1) is 0 Å². The largest absolute Gasteiger partial charge is 0.478 e. The molecule has 0 spiro atoms. The van der Waals surface area contributed by atoms with Crippen LogP contribution in [0.5, 0.6) is 0 Å². The van der Waals surface area contributed by atoms with Gasteiger partial charge in [-0.05, 0) is 29.5 Å². The molecule has 1 heterocycles. The van der Waals surface area contributed by atoms with Crippen LogP contribution in [0.3, 0.4) is 0 Å². The van der Waals surface area contributed by atoms with Gasteiger partial charge >= 0.3 is 5.97 Å². The van der Waals surface area contributed by atoms with Crippen molar-refractivity contribution in [2.75, 3.05) is 0 Å². The van der Waals surface area contributed by atoms with E-state index in [2.05, 4.69) is 4.40 Å². The van der Waals surface area contributed by atoms with Crippen LogP contribution in [0.15, 0.2) is 40.2 Å². The molecule has 0 unspecified atom stereocenters. The number of carbonyl (C=O) groups is 1. The van der Waals surface area contributed by atoms with E-state index >= 15 is 0 Å². The average Bonchev–Trinajstić information content (AvgIpc) is 2.56. The van der Waals surface area contributed by atoms with Crippen LogP contribution in [0.4, 0.5) is 0 Å². The first kappa shape index (κ1) is 11.7. The van der Waals surface area contributed by atoms with Crippen LogP contribution in [-0.2, 0) is 0 Å². The number of hydrogen-bond acceptors (Lipinski definition) is 3. The summed E-state index contributed by atoms with van der Waals surface area (Å²) in [4.78, 5) is 10.9. The molecule has 1 aromatic carbocycles.